The van der Waals surface area contributed by atoms with E-state index in [1.807, 2.05) is 0 Å². The van der Waals surface area contributed by atoms with Gasteiger partial charge in [0.25, 0.3) is 0 Å². The molecule has 3 rings (SSSR count). The third kappa shape index (κ3) is 2.61. The van der Waals surface area contributed by atoms with Gasteiger partial charge in [0, 0.05) is 19.0 Å². The van der Waals surface area contributed by atoms with E-state index in [-0.39, 0.29) is 6.04 Å². The molecule has 9 heteroatoms. The van der Waals surface area contributed by atoms with Gasteiger partial charge < -0.3 is 10.1 Å². The summed E-state index contributed by atoms with van der Waals surface area (Å²) in [6.07, 6.45) is 5.94. The number of anilines is 2. The minimum absolute atomic E-state index is 0.212. The predicted molar refractivity (Wildman–Crippen MR) is 67.6 cm³/mol. The Bertz CT molecular complexity index is 536. The van der Waals surface area contributed by atoms with E-state index in [0.717, 1.165) is 13.0 Å². The lowest BCUT2D eigenvalue weighted by molar-refractivity contribution is 0.195. The van der Waals surface area contributed by atoms with Crippen molar-refractivity contribution in [3.05, 3.63) is 18.7 Å². The second-order valence-electron chi connectivity index (χ2n) is 4.10. The van der Waals surface area contributed by atoms with Gasteiger partial charge in [-0.3, -0.25) is 9.99 Å². The molecule has 0 amide bonds. The minimum atomic E-state index is 0.212. The Hall–Kier alpha value is -2.26. The molecule has 0 saturated carbocycles. The highest BCUT2D eigenvalue weighted by molar-refractivity contribution is 5.38. The van der Waals surface area contributed by atoms with Gasteiger partial charge in [-0.05, 0) is 6.42 Å². The Morgan fingerprint density at radius 1 is 1.32 bits per heavy atom. The lowest BCUT2D eigenvalue weighted by atomic mass is 10.3. The summed E-state index contributed by atoms with van der Waals surface area (Å²) in [4.78, 5) is 16.6. The van der Waals surface area contributed by atoms with E-state index in [2.05, 4.69) is 30.7 Å². The molecule has 1 aliphatic rings. The average molecular weight is 262 g/mol. The molecule has 0 radical (unpaired) electrons. The minimum Gasteiger partial charge on any atom is -0.379 e. The van der Waals surface area contributed by atoms with Crippen molar-refractivity contribution in [3.63, 3.8) is 0 Å². The monoisotopic (exact) mass is 262 g/mol. The summed E-state index contributed by atoms with van der Waals surface area (Å²) in [5.41, 5.74) is 2.43. The van der Waals surface area contributed by atoms with E-state index in [1.54, 1.807) is 23.3 Å². The maximum atomic E-state index is 5.37. The van der Waals surface area contributed by atoms with E-state index in [1.165, 1.54) is 0 Å². The van der Waals surface area contributed by atoms with Gasteiger partial charge in [0.1, 0.15) is 6.33 Å². The molecule has 1 unspecified atom stereocenters. The highest BCUT2D eigenvalue weighted by Gasteiger charge is 2.17. The standard InChI is InChI=1S/C10H14N8O/c11-17-9-14-8(13-7-1-4-19-5-7)15-10(16-9)18-3-2-12-6-18/h2-3,6-7H,1,4-5,11H2,(H2,13,14,15,16,17). The number of nitrogens with zero attached hydrogens (tertiary/aromatic N) is 5. The number of ether oxygens (including phenoxy) is 1. The van der Waals surface area contributed by atoms with Crippen molar-refractivity contribution in [2.45, 2.75) is 12.5 Å². The molecule has 0 aromatic carbocycles. The van der Waals surface area contributed by atoms with Gasteiger partial charge in [-0.1, -0.05) is 0 Å². The van der Waals surface area contributed by atoms with Crippen LogP contribution >= 0.6 is 0 Å². The van der Waals surface area contributed by atoms with Crippen molar-refractivity contribution in [1.29, 1.82) is 0 Å². The van der Waals surface area contributed by atoms with E-state index >= 15 is 0 Å². The molecule has 1 saturated heterocycles. The van der Waals surface area contributed by atoms with Gasteiger partial charge in [0.2, 0.25) is 17.8 Å². The smallest absolute Gasteiger partial charge is 0.243 e. The molecule has 0 spiro atoms. The zero-order chi connectivity index (χ0) is 13.1. The van der Waals surface area contributed by atoms with Gasteiger partial charge in [-0.2, -0.15) is 15.0 Å². The number of imidazole rings is 1. The summed E-state index contributed by atoms with van der Waals surface area (Å²) in [7, 11) is 0. The molecule has 100 valence electrons. The number of rotatable bonds is 4. The van der Waals surface area contributed by atoms with Crippen molar-refractivity contribution < 1.29 is 4.74 Å². The quantitative estimate of drug-likeness (QED) is 0.501. The molecule has 9 nitrogen and oxygen atoms in total. The first-order valence-electron chi connectivity index (χ1n) is 5.90. The zero-order valence-electron chi connectivity index (χ0n) is 10.2. The van der Waals surface area contributed by atoms with Crippen LogP contribution in [0.3, 0.4) is 0 Å². The van der Waals surface area contributed by atoms with Crippen LogP contribution in [0.4, 0.5) is 11.9 Å². The largest absolute Gasteiger partial charge is 0.379 e. The van der Waals surface area contributed by atoms with Crippen LogP contribution in [0.25, 0.3) is 5.95 Å². The van der Waals surface area contributed by atoms with E-state index in [9.17, 15) is 0 Å². The van der Waals surface area contributed by atoms with Crippen molar-refractivity contribution in [2.24, 2.45) is 5.84 Å². The van der Waals surface area contributed by atoms with Crippen molar-refractivity contribution in [1.82, 2.24) is 24.5 Å². The summed E-state index contributed by atoms with van der Waals surface area (Å²) in [6.45, 7) is 1.40. The fourth-order valence-corrected chi connectivity index (χ4v) is 1.82. The molecule has 2 aromatic heterocycles. The lowest BCUT2D eigenvalue weighted by Gasteiger charge is -2.12. The van der Waals surface area contributed by atoms with Crippen LogP contribution in [0.5, 0.6) is 0 Å². The molecule has 1 fully saturated rings. The Balaban J connectivity index is 1.88. The average Bonchev–Trinajstić information content (AvgIpc) is 3.11. The highest BCUT2D eigenvalue weighted by Crippen LogP contribution is 2.13. The summed E-state index contributed by atoms with van der Waals surface area (Å²) in [5.74, 6) is 6.57. The molecular weight excluding hydrogens is 248 g/mol. The van der Waals surface area contributed by atoms with Crippen molar-refractivity contribution >= 4 is 11.9 Å². The van der Waals surface area contributed by atoms with Gasteiger partial charge in [-0.15, -0.1) is 0 Å². The molecule has 0 aliphatic carbocycles. The Morgan fingerprint density at radius 3 is 2.89 bits per heavy atom. The second kappa shape index (κ2) is 5.16. The van der Waals surface area contributed by atoms with Gasteiger partial charge in [-0.25, -0.2) is 10.8 Å². The van der Waals surface area contributed by atoms with E-state index < -0.39 is 0 Å². The third-order valence-corrected chi connectivity index (χ3v) is 2.75. The van der Waals surface area contributed by atoms with E-state index in [4.69, 9.17) is 10.6 Å². The number of aromatic nitrogens is 5. The zero-order valence-corrected chi connectivity index (χ0v) is 10.2. The maximum absolute atomic E-state index is 5.37. The molecule has 1 atom stereocenters. The SMILES string of the molecule is NNc1nc(NC2CCOC2)nc(-n2ccnc2)n1. The molecule has 0 bridgehead atoms. The highest BCUT2D eigenvalue weighted by atomic mass is 16.5. The molecule has 19 heavy (non-hydrogen) atoms. The number of hydrogen-bond acceptors (Lipinski definition) is 8. The van der Waals surface area contributed by atoms with Crippen LogP contribution in [0.1, 0.15) is 6.42 Å². The van der Waals surface area contributed by atoms with Crippen LogP contribution < -0.4 is 16.6 Å². The summed E-state index contributed by atoms with van der Waals surface area (Å²) >= 11 is 0. The maximum Gasteiger partial charge on any atom is 0.243 e. The number of nitrogens with one attached hydrogen (secondary N) is 2. The third-order valence-electron chi connectivity index (χ3n) is 2.75. The second-order valence-corrected chi connectivity index (χ2v) is 4.10. The van der Waals surface area contributed by atoms with Crippen LogP contribution in [-0.2, 0) is 4.74 Å². The van der Waals surface area contributed by atoms with Gasteiger partial charge >= 0.3 is 0 Å². The van der Waals surface area contributed by atoms with E-state index in [0.29, 0.717) is 24.5 Å². The first kappa shape index (κ1) is 11.8. The van der Waals surface area contributed by atoms with Crippen molar-refractivity contribution in [2.75, 3.05) is 24.0 Å². The summed E-state index contributed by atoms with van der Waals surface area (Å²) in [6, 6.07) is 0.212. The fourth-order valence-electron chi connectivity index (χ4n) is 1.82. The number of hydrazine groups is 1. The van der Waals surface area contributed by atoms with Crippen LogP contribution in [0, 0.1) is 0 Å². The number of nitrogens with two attached hydrogens (primary N) is 1. The normalized spacial score (nSPS) is 18.5. The summed E-state index contributed by atoms with van der Waals surface area (Å²) < 4.78 is 6.98. The molecule has 1 aliphatic heterocycles. The Morgan fingerprint density at radius 2 is 2.21 bits per heavy atom. The first-order chi connectivity index (χ1) is 9.35. The predicted octanol–water partition coefficient (Wildman–Crippen LogP) is -0.456. The first-order valence-corrected chi connectivity index (χ1v) is 5.90. The molecular formula is C10H14N8O. The molecule has 2 aromatic rings. The Labute approximate surface area is 109 Å². The number of nitrogen functional groups attached to an aromatic ring is 1. The molecule has 4 N–H and O–H groups in total. The summed E-state index contributed by atoms with van der Waals surface area (Å²) in [5, 5.41) is 3.20. The van der Waals surface area contributed by atoms with Crippen LogP contribution in [0.15, 0.2) is 18.7 Å². The number of hydrogen-bond donors (Lipinski definition) is 3. The lowest BCUT2D eigenvalue weighted by Crippen LogP contribution is -2.22. The van der Waals surface area contributed by atoms with Gasteiger partial charge in [0.05, 0.1) is 12.6 Å². The van der Waals surface area contributed by atoms with Gasteiger partial charge in [0.15, 0.2) is 0 Å². The topological polar surface area (TPSA) is 116 Å². The van der Waals surface area contributed by atoms with Crippen molar-refractivity contribution in [3.8, 4) is 5.95 Å². The van der Waals surface area contributed by atoms with Crippen LogP contribution in [0.2, 0.25) is 0 Å². The Kier molecular flexibility index (Phi) is 3.21. The fraction of sp³-hybridized carbons (Fsp3) is 0.400. The molecule has 3 heterocycles. The van der Waals surface area contributed by atoms with Crippen LogP contribution in [-0.4, -0.2) is 43.8 Å².